The van der Waals surface area contributed by atoms with Gasteiger partial charge in [-0.1, -0.05) is 0 Å². The summed E-state index contributed by atoms with van der Waals surface area (Å²) in [5.74, 6) is -0.798. The predicted molar refractivity (Wildman–Crippen MR) is 84.1 cm³/mol. The molecule has 3 rings (SSSR count). The molecule has 11 heteroatoms. The van der Waals surface area contributed by atoms with E-state index in [1.54, 1.807) is 0 Å². The average Bonchev–Trinajstić information content (AvgIpc) is 2.91. The molecule has 138 valence electrons. The highest BCUT2D eigenvalue weighted by Crippen LogP contribution is 2.34. The number of alkyl halides is 3. The van der Waals surface area contributed by atoms with Crippen LogP contribution >= 0.6 is 0 Å². The number of rotatable bonds is 3. The van der Waals surface area contributed by atoms with Gasteiger partial charge in [0.1, 0.15) is 11.3 Å². The van der Waals surface area contributed by atoms with Gasteiger partial charge in [-0.15, -0.1) is 0 Å². The summed E-state index contributed by atoms with van der Waals surface area (Å²) in [4.78, 5) is 17.4. The van der Waals surface area contributed by atoms with Crippen LogP contribution in [-0.4, -0.2) is 40.3 Å². The highest BCUT2D eigenvalue weighted by molar-refractivity contribution is 5.88. The number of hydrogen-bond donors (Lipinski definition) is 4. The maximum Gasteiger partial charge on any atom is 0.490 e. The molecule has 0 spiro atoms. The summed E-state index contributed by atoms with van der Waals surface area (Å²) in [7, 11) is 0. The first-order valence-corrected chi connectivity index (χ1v) is 7.55. The van der Waals surface area contributed by atoms with Crippen LogP contribution in [0.15, 0.2) is 4.42 Å². The van der Waals surface area contributed by atoms with Gasteiger partial charge in [0.05, 0.1) is 0 Å². The van der Waals surface area contributed by atoms with Gasteiger partial charge in [-0.25, -0.2) is 9.78 Å². The third kappa shape index (κ3) is 4.50. The molecule has 0 unspecified atom stereocenters. The van der Waals surface area contributed by atoms with Gasteiger partial charge in [-0.3, -0.25) is 0 Å². The minimum absolute atomic E-state index is 0.274. The number of aryl methyl sites for hydroxylation is 2. The first-order valence-electron chi connectivity index (χ1n) is 7.55. The van der Waals surface area contributed by atoms with Crippen LogP contribution in [0.4, 0.5) is 24.9 Å². The molecular formula is C14H18F3N5O3. The zero-order chi connectivity index (χ0) is 18.6. The number of nitrogens with zero attached hydrogens (tertiary/aromatic N) is 2. The molecule has 1 aliphatic rings. The van der Waals surface area contributed by atoms with Crippen molar-refractivity contribution in [2.24, 2.45) is 5.73 Å². The maximum atomic E-state index is 10.6. The van der Waals surface area contributed by atoms with Crippen LogP contribution < -0.4 is 16.8 Å². The fraction of sp³-hybridized carbons (Fsp3) is 0.500. The number of carbonyl (C=O) groups is 1. The van der Waals surface area contributed by atoms with Crippen LogP contribution in [0, 0.1) is 0 Å². The van der Waals surface area contributed by atoms with Gasteiger partial charge in [0.25, 0.3) is 0 Å². The lowest BCUT2D eigenvalue weighted by atomic mass is 9.98. The lowest BCUT2D eigenvalue weighted by Crippen LogP contribution is -2.21. The molecule has 6 N–H and O–H groups in total. The van der Waals surface area contributed by atoms with Crippen molar-refractivity contribution in [1.29, 1.82) is 0 Å². The fourth-order valence-electron chi connectivity index (χ4n) is 2.44. The number of nitrogen functional groups attached to an aromatic ring is 1. The Hall–Kier alpha value is -2.56. The molecule has 8 nitrogen and oxygen atoms in total. The van der Waals surface area contributed by atoms with E-state index in [0.29, 0.717) is 24.5 Å². The van der Waals surface area contributed by atoms with Crippen LogP contribution in [0.5, 0.6) is 0 Å². The normalized spacial score (nSPS) is 13.8. The molecule has 0 amide bonds. The molecule has 0 aromatic carbocycles. The van der Waals surface area contributed by atoms with Crippen LogP contribution in [0.2, 0.25) is 0 Å². The van der Waals surface area contributed by atoms with E-state index in [0.717, 1.165) is 24.1 Å². The molecule has 0 saturated heterocycles. The van der Waals surface area contributed by atoms with Crippen molar-refractivity contribution in [2.75, 3.05) is 24.1 Å². The first kappa shape index (κ1) is 18.8. The van der Waals surface area contributed by atoms with Gasteiger partial charge < -0.3 is 26.3 Å². The molecule has 1 aliphatic carbocycles. The summed E-state index contributed by atoms with van der Waals surface area (Å²) >= 11 is 0. The van der Waals surface area contributed by atoms with Crippen molar-refractivity contribution in [3.63, 3.8) is 0 Å². The molecule has 0 radical (unpaired) electrons. The Bertz CT molecular complexity index is 760. The lowest BCUT2D eigenvalue weighted by Gasteiger charge is -2.07. The Balaban J connectivity index is 0.000000277. The van der Waals surface area contributed by atoms with Crippen molar-refractivity contribution in [3.8, 4) is 0 Å². The average molecular weight is 361 g/mol. The summed E-state index contributed by atoms with van der Waals surface area (Å²) in [6, 6.07) is 0. The quantitative estimate of drug-likeness (QED) is 0.647. The van der Waals surface area contributed by atoms with E-state index in [1.807, 2.05) is 0 Å². The standard InChI is InChI=1S/C12H17N5O.C2HF3O2/c13-5-6-15-11-10-9(16-12(14)17-11)7-3-1-2-4-8(7)18-10;3-2(4,5)1(6)7/h1-6,13H2,(H3,14,15,16,17);(H,6,7). The number of nitrogens with two attached hydrogens (primary N) is 2. The van der Waals surface area contributed by atoms with E-state index in [4.69, 9.17) is 25.8 Å². The maximum absolute atomic E-state index is 10.6. The molecule has 2 aromatic rings. The van der Waals surface area contributed by atoms with Crippen LogP contribution in [0.1, 0.15) is 24.2 Å². The molecule has 0 atom stereocenters. The highest BCUT2D eigenvalue weighted by Gasteiger charge is 2.38. The lowest BCUT2D eigenvalue weighted by molar-refractivity contribution is -0.192. The third-order valence-corrected chi connectivity index (χ3v) is 3.49. The zero-order valence-corrected chi connectivity index (χ0v) is 13.2. The number of aromatic nitrogens is 2. The molecular weight excluding hydrogens is 343 g/mol. The summed E-state index contributed by atoms with van der Waals surface area (Å²) in [5, 5.41) is 10.3. The summed E-state index contributed by atoms with van der Waals surface area (Å²) < 4.78 is 37.6. The molecule has 2 heterocycles. The Morgan fingerprint density at radius 1 is 1.28 bits per heavy atom. The van der Waals surface area contributed by atoms with Gasteiger partial charge in [-0.05, 0) is 19.3 Å². The van der Waals surface area contributed by atoms with Gasteiger partial charge in [0.2, 0.25) is 5.95 Å². The van der Waals surface area contributed by atoms with E-state index in [-0.39, 0.29) is 5.95 Å². The monoisotopic (exact) mass is 361 g/mol. The number of nitrogens with one attached hydrogen (secondary N) is 1. The third-order valence-electron chi connectivity index (χ3n) is 3.49. The van der Waals surface area contributed by atoms with Gasteiger partial charge in [-0.2, -0.15) is 18.2 Å². The largest absolute Gasteiger partial charge is 0.490 e. The Labute approximate surface area is 140 Å². The predicted octanol–water partition coefficient (Wildman–Crippen LogP) is 1.69. The number of hydrogen-bond acceptors (Lipinski definition) is 7. The summed E-state index contributed by atoms with van der Waals surface area (Å²) in [6.45, 7) is 1.17. The van der Waals surface area contributed by atoms with Crippen LogP contribution in [0.25, 0.3) is 11.1 Å². The van der Waals surface area contributed by atoms with Crippen LogP contribution in [0.3, 0.4) is 0 Å². The van der Waals surface area contributed by atoms with E-state index in [2.05, 4.69) is 15.3 Å². The van der Waals surface area contributed by atoms with Gasteiger partial charge in [0, 0.05) is 25.1 Å². The van der Waals surface area contributed by atoms with Crippen LogP contribution in [-0.2, 0) is 17.6 Å². The molecule has 2 aromatic heterocycles. The van der Waals surface area contributed by atoms with Crippen molar-refractivity contribution in [1.82, 2.24) is 9.97 Å². The number of anilines is 2. The smallest absolute Gasteiger partial charge is 0.475 e. The van der Waals surface area contributed by atoms with E-state index in [9.17, 15) is 13.2 Å². The summed E-state index contributed by atoms with van der Waals surface area (Å²) in [5.41, 5.74) is 14.0. The van der Waals surface area contributed by atoms with Gasteiger partial charge >= 0.3 is 12.1 Å². The second kappa shape index (κ2) is 7.55. The molecule has 0 fully saturated rings. The molecule has 25 heavy (non-hydrogen) atoms. The summed E-state index contributed by atoms with van der Waals surface area (Å²) in [6.07, 6.45) is -0.755. The number of halogens is 3. The van der Waals surface area contributed by atoms with Gasteiger partial charge in [0.15, 0.2) is 11.4 Å². The van der Waals surface area contributed by atoms with Crippen molar-refractivity contribution >= 4 is 28.8 Å². The first-order chi connectivity index (χ1) is 11.7. The molecule has 0 saturated carbocycles. The fourth-order valence-corrected chi connectivity index (χ4v) is 2.44. The van der Waals surface area contributed by atoms with E-state index in [1.165, 1.54) is 18.4 Å². The number of fused-ring (bicyclic) bond motifs is 3. The number of carboxylic acids is 1. The second-order valence-corrected chi connectivity index (χ2v) is 5.34. The topological polar surface area (TPSA) is 140 Å². The zero-order valence-electron chi connectivity index (χ0n) is 13.2. The second-order valence-electron chi connectivity index (χ2n) is 5.34. The van der Waals surface area contributed by atoms with Crippen molar-refractivity contribution < 1.29 is 27.5 Å². The molecule has 0 bridgehead atoms. The number of furan rings is 1. The number of aliphatic carboxylic acids is 1. The number of carboxylic acid groups (broad SMARTS) is 1. The minimum atomic E-state index is -5.08. The van der Waals surface area contributed by atoms with Crippen molar-refractivity contribution in [3.05, 3.63) is 11.3 Å². The van der Waals surface area contributed by atoms with Crippen molar-refractivity contribution in [2.45, 2.75) is 31.9 Å². The highest BCUT2D eigenvalue weighted by atomic mass is 19.4. The molecule has 0 aliphatic heterocycles. The minimum Gasteiger partial charge on any atom is -0.475 e. The Morgan fingerprint density at radius 2 is 1.92 bits per heavy atom. The Kier molecular flexibility index (Phi) is 5.67. The van der Waals surface area contributed by atoms with E-state index < -0.39 is 12.1 Å². The SMILES string of the molecule is NCCNc1nc(N)nc2c3c(oc12)CCCC3.O=C(O)C(F)(F)F. The van der Waals surface area contributed by atoms with E-state index >= 15 is 0 Å². The Morgan fingerprint density at radius 3 is 2.52 bits per heavy atom.